The predicted octanol–water partition coefficient (Wildman–Crippen LogP) is 1.35. The Hall–Kier alpha value is -2.19. The van der Waals surface area contributed by atoms with Gasteiger partial charge in [0.05, 0.1) is 12.3 Å². The largest absolute Gasteiger partial charge is 0.360 e. The number of hydrogen-bond donors (Lipinski definition) is 2. The molecule has 1 heterocycles. The van der Waals surface area contributed by atoms with Gasteiger partial charge in [0.25, 0.3) is 0 Å². The smallest absolute Gasteiger partial charge is 0.240 e. The highest BCUT2D eigenvalue weighted by molar-refractivity contribution is 7.88. The van der Waals surface area contributed by atoms with Gasteiger partial charge >= 0.3 is 0 Å². The molecule has 0 aliphatic rings. The number of nitrogens with zero attached hydrogens (tertiary/aromatic N) is 1. The van der Waals surface area contributed by atoms with Crippen molar-refractivity contribution in [2.75, 3.05) is 11.9 Å². The third-order valence-electron chi connectivity index (χ3n) is 2.79. The maximum absolute atomic E-state index is 11.9. The van der Waals surface area contributed by atoms with E-state index in [4.69, 9.17) is 4.52 Å². The first-order valence-corrected chi connectivity index (χ1v) is 8.25. The Kier molecular flexibility index (Phi) is 4.94. The van der Waals surface area contributed by atoms with E-state index in [9.17, 15) is 13.2 Å². The van der Waals surface area contributed by atoms with Gasteiger partial charge in [-0.3, -0.25) is 4.79 Å². The van der Waals surface area contributed by atoms with Crippen LogP contribution < -0.4 is 10.0 Å². The molecule has 0 spiro atoms. The number of sulfonamides is 1. The third kappa shape index (κ3) is 4.97. The minimum absolute atomic E-state index is 0.176. The second-order valence-corrected chi connectivity index (χ2v) is 6.75. The maximum atomic E-state index is 11.9. The standard InChI is InChI=1S/C14H17N3O4S/c1-10-4-3-5-12(6-10)9-22(19,20)15-8-14(18)16-13-7-11(2)21-17-13/h3-7,15H,8-9H2,1-2H3,(H,16,17,18). The van der Waals surface area contributed by atoms with Gasteiger partial charge in [0.1, 0.15) is 5.76 Å². The van der Waals surface area contributed by atoms with Crippen LogP contribution >= 0.6 is 0 Å². The summed E-state index contributed by atoms with van der Waals surface area (Å²) in [5, 5.41) is 6.03. The van der Waals surface area contributed by atoms with Crippen LogP contribution in [0, 0.1) is 13.8 Å². The van der Waals surface area contributed by atoms with Gasteiger partial charge in [-0.15, -0.1) is 0 Å². The van der Waals surface area contributed by atoms with E-state index < -0.39 is 15.9 Å². The lowest BCUT2D eigenvalue weighted by Gasteiger charge is -2.07. The van der Waals surface area contributed by atoms with Crippen LogP contribution in [0.5, 0.6) is 0 Å². The van der Waals surface area contributed by atoms with Crippen LogP contribution in [0.3, 0.4) is 0 Å². The fourth-order valence-electron chi connectivity index (χ4n) is 1.86. The van der Waals surface area contributed by atoms with Gasteiger partial charge < -0.3 is 9.84 Å². The second-order valence-electron chi connectivity index (χ2n) is 4.94. The van der Waals surface area contributed by atoms with Gasteiger partial charge in [0, 0.05) is 6.07 Å². The van der Waals surface area contributed by atoms with E-state index in [-0.39, 0.29) is 18.1 Å². The number of anilines is 1. The van der Waals surface area contributed by atoms with E-state index in [0.29, 0.717) is 11.3 Å². The lowest BCUT2D eigenvalue weighted by Crippen LogP contribution is -2.33. The van der Waals surface area contributed by atoms with Crippen molar-refractivity contribution in [2.45, 2.75) is 19.6 Å². The number of benzene rings is 1. The van der Waals surface area contributed by atoms with Crippen LogP contribution in [0.25, 0.3) is 0 Å². The molecule has 7 nitrogen and oxygen atoms in total. The normalized spacial score (nSPS) is 11.4. The number of carbonyl (C=O) groups is 1. The van der Waals surface area contributed by atoms with Crippen LogP contribution in [-0.4, -0.2) is 26.0 Å². The molecule has 1 aromatic carbocycles. The molecular weight excluding hydrogens is 306 g/mol. The highest BCUT2D eigenvalue weighted by Crippen LogP contribution is 2.08. The average Bonchev–Trinajstić information content (AvgIpc) is 2.81. The Morgan fingerprint density at radius 1 is 1.27 bits per heavy atom. The molecule has 0 radical (unpaired) electrons. The summed E-state index contributed by atoms with van der Waals surface area (Å²) in [6.07, 6.45) is 0. The number of aromatic nitrogens is 1. The fraction of sp³-hybridized carbons (Fsp3) is 0.286. The first-order chi connectivity index (χ1) is 10.3. The summed E-state index contributed by atoms with van der Waals surface area (Å²) in [6, 6.07) is 8.73. The molecule has 0 saturated carbocycles. The third-order valence-corrected chi connectivity index (χ3v) is 4.08. The lowest BCUT2D eigenvalue weighted by atomic mass is 10.2. The number of rotatable bonds is 6. The molecule has 1 amide bonds. The molecule has 2 rings (SSSR count). The Bertz CT molecular complexity index is 768. The minimum Gasteiger partial charge on any atom is -0.360 e. The summed E-state index contributed by atoms with van der Waals surface area (Å²) >= 11 is 0. The molecule has 2 N–H and O–H groups in total. The van der Waals surface area contributed by atoms with Crippen molar-refractivity contribution < 1.29 is 17.7 Å². The lowest BCUT2D eigenvalue weighted by molar-refractivity contribution is -0.115. The number of amides is 1. The zero-order valence-electron chi connectivity index (χ0n) is 12.3. The SMILES string of the molecule is Cc1cccc(CS(=O)(=O)NCC(=O)Nc2cc(C)on2)c1. The fourth-order valence-corrected chi connectivity index (χ4v) is 2.93. The molecule has 0 aliphatic carbocycles. The zero-order chi connectivity index (χ0) is 16.2. The molecule has 118 valence electrons. The van der Waals surface area contributed by atoms with E-state index in [1.54, 1.807) is 31.2 Å². The summed E-state index contributed by atoms with van der Waals surface area (Å²) in [4.78, 5) is 11.7. The zero-order valence-corrected chi connectivity index (χ0v) is 13.1. The first-order valence-electron chi connectivity index (χ1n) is 6.60. The number of hydrogen-bond acceptors (Lipinski definition) is 5. The van der Waals surface area contributed by atoms with Gasteiger partial charge in [0.2, 0.25) is 15.9 Å². The molecule has 0 atom stereocenters. The van der Waals surface area contributed by atoms with Crippen LogP contribution in [0.1, 0.15) is 16.9 Å². The van der Waals surface area contributed by atoms with E-state index >= 15 is 0 Å². The highest BCUT2D eigenvalue weighted by Gasteiger charge is 2.14. The maximum Gasteiger partial charge on any atom is 0.240 e. The summed E-state index contributed by atoms with van der Waals surface area (Å²) in [5.74, 6) is 0.113. The summed E-state index contributed by atoms with van der Waals surface area (Å²) in [6.45, 7) is 3.21. The predicted molar refractivity (Wildman–Crippen MR) is 81.7 cm³/mol. The molecule has 0 bridgehead atoms. The molecule has 0 fully saturated rings. The van der Waals surface area contributed by atoms with E-state index in [2.05, 4.69) is 15.2 Å². The van der Waals surface area contributed by atoms with Gasteiger partial charge in [-0.1, -0.05) is 35.0 Å². The van der Waals surface area contributed by atoms with Crippen LogP contribution in [0.2, 0.25) is 0 Å². The average molecular weight is 323 g/mol. The number of carbonyl (C=O) groups excluding carboxylic acids is 1. The van der Waals surface area contributed by atoms with E-state index in [0.717, 1.165) is 5.56 Å². The van der Waals surface area contributed by atoms with Gasteiger partial charge in [-0.2, -0.15) is 0 Å². The van der Waals surface area contributed by atoms with Crippen LogP contribution in [0.4, 0.5) is 5.82 Å². The van der Waals surface area contributed by atoms with Crippen molar-refractivity contribution in [3.8, 4) is 0 Å². The van der Waals surface area contributed by atoms with Crippen LogP contribution in [-0.2, 0) is 20.6 Å². The molecule has 8 heteroatoms. The topological polar surface area (TPSA) is 101 Å². The van der Waals surface area contributed by atoms with Crippen LogP contribution in [0.15, 0.2) is 34.9 Å². The van der Waals surface area contributed by atoms with E-state index in [1.807, 2.05) is 13.0 Å². The highest BCUT2D eigenvalue weighted by atomic mass is 32.2. The Balaban J connectivity index is 1.88. The molecule has 0 saturated heterocycles. The molecule has 2 aromatic rings. The Morgan fingerprint density at radius 3 is 2.68 bits per heavy atom. The van der Waals surface area contributed by atoms with E-state index in [1.165, 1.54) is 0 Å². The van der Waals surface area contributed by atoms with Crippen molar-refractivity contribution in [2.24, 2.45) is 0 Å². The molecule has 1 aromatic heterocycles. The molecule has 0 aliphatic heterocycles. The summed E-state index contributed by atoms with van der Waals surface area (Å²) in [7, 11) is -3.59. The van der Waals surface area contributed by atoms with Crippen molar-refractivity contribution in [3.05, 3.63) is 47.2 Å². The minimum atomic E-state index is -3.59. The first kappa shape index (κ1) is 16.2. The summed E-state index contributed by atoms with van der Waals surface area (Å²) < 4.78 is 30.9. The molecule has 0 unspecified atom stereocenters. The second kappa shape index (κ2) is 6.71. The molecular formula is C14H17N3O4S. The Morgan fingerprint density at radius 2 is 2.05 bits per heavy atom. The Labute approximate surface area is 128 Å². The number of aryl methyl sites for hydroxylation is 2. The number of nitrogens with one attached hydrogen (secondary N) is 2. The van der Waals surface area contributed by atoms with Gasteiger partial charge in [0.15, 0.2) is 5.82 Å². The molecule has 22 heavy (non-hydrogen) atoms. The van der Waals surface area contributed by atoms with Crippen molar-refractivity contribution >= 4 is 21.7 Å². The monoisotopic (exact) mass is 323 g/mol. The quantitative estimate of drug-likeness (QED) is 0.835. The van der Waals surface area contributed by atoms with Gasteiger partial charge in [-0.05, 0) is 19.4 Å². The van der Waals surface area contributed by atoms with Crippen molar-refractivity contribution in [1.82, 2.24) is 9.88 Å². The van der Waals surface area contributed by atoms with Crippen molar-refractivity contribution in [3.63, 3.8) is 0 Å². The van der Waals surface area contributed by atoms with Gasteiger partial charge in [-0.25, -0.2) is 13.1 Å². The van der Waals surface area contributed by atoms with Crippen molar-refractivity contribution in [1.29, 1.82) is 0 Å². The summed E-state index contributed by atoms with van der Waals surface area (Å²) in [5.41, 5.74) is 1.65.